The van der Waals surface area contributed by atoms with E-state index >= 15 is 0 Å². The molecule has 36 heavy (non-hydrogen) atoms. The molecule has 1 heterocycles. The maximum Gasteiger partial charge on any atom is 0.344 e. The zero-order valence-corrected chi connectivity index (χ0v) is 23.0. The molecule has 4 rings (SSSR count). The first-order valence-electron chi connectivity index (χ1n) is 10.8. The van der Waals surface area contributed by atoms with E-state index < -0.39 is 11.4 Å². The number of aromatic nitrogens is 1. The largest absolute Gasteiger partial charge is 0.462 e. The van der Waals surface area contributed by atoms with Gasteiger partial charge in [-0.3, -0.25) is 4.79 Å². The van der Waals surface area contributed by atoms with Crippen molar-refractivity contribution in [2.24, 2.45) is 0 Å². The third-order valence-corrected chi connectivity index (χ3v) is 7.48. The van der Waals surface area contributed by atoms with Gasteiger partial charge in [0.2, 0.25) is 5.43 Å². The fraction of sp³-hybridized carbons (Fsp3) is 0.111. The van der Waals surface area contributed by atoms with E-state index in [0.29, 0.717) is 31.9 Å². The molecule has 0 radical (unpaired) electrons. The second kappa shape index (κ2) is 11.3. The van der Waals surface area contributed by atoms with Crippen molar-refractivity contribution in [1.82, 2.24) is 4.98 Å². The lowest BCUT2D eigenvalue weighted by molar-refractivity contribution is 0.0525. The summed E-state index contributed by atoms with van der Waals surface area (Å²) in [5, 5.41) is 1.45. The molecule has 0 aliphatic heterocycles. The monoisotopic (exact) mass is 577 g/mol. The molecular formula is C27H19Cl4NO3S. The first-order valence-corrected chi connectivity index (χ1v) is 13.1. The van der Waals surface area contributed by atoms with Crippen LogP contribution in [0.15, 0.2) is 75.2 Å². The highest BCUT2D eigenvalue weighted by Gasteiger charge is 2.27. The Bertz CT molecular complexity index is 1520. The standard InChI is InChI=1S/C27H19Cl4NO3S/c1-3-35-27(34)22-23(18-10-6-15(28)12-20(18)30)32-24(19-11-7-16(29)13-21(19)31)26(25(22)33)36-17-8-4-14(2)5-9-17/h4-13H,3H2,1-2H3,(H,32,33). The van der Waals surface area contributed by atoms with Crippen LogP contribution in [-0.2, 0) is 4.74 Å². The Balaban J connectivity index is 2.08. The minimum absolute atomic E-state index is 0.0945. The molecule has 0 aliphatic rings. The average Bonchev–Trinajstić information content (AvgIpc) is 2.82. The summed E-state index contributed by atoms with van der Waals surface area (Å²) in [6.07, 6.45) is 0. The quantitative estimate of drug-likeness (QED) is 0.232. The number of aromatic amines is 1. The third kappa shape index (κ3) is 5.61. The van der Waals surface area contributed by atoms with E-state index in [9.17, 15) is 9.59 Å². The Labute approximate surface area is 232 Å². The molecule has 1 aromatic heterocycles. The van der Waals surface area contributed by atoms with Gasteiger partial charge in [0, 0.05) is 26.1 Å². The maximum atomic E-state index is 14.0. The van der Waals surface area contributed by atoms with Crippen LogP contribution in [-0.4, -0.2) is 17.6 Å². The zero-order chi connectivity index (χ0) is 26.0. The number of aryl methyl sites for hydroxylation is 1. The van der Waals surface area contributed by atoms with Crippen LogP contribution in [0.25, 0.3) is 22.5 Å². The lowest BCUT2D eigenvalue weighted by Crippen LogP contribution is -2.22. The molecule has 0 fully saturated rings. The number of nitrogens with one attached hydrogen (secondary N) is 1. The lowest BCUT2D eigenvalue weighted by atomic mass is 10.0. The maximum absolute atomic E-state index is 14.0. The highest BCUT2D eigenvalue weighted by atomic mass is 35.5. The van der Waals surface area contributed by atoms with Crippen molar-refractivity contribution >= 4 is 64.1 Å². The van der Waals surface area contributed by atoms with Gasteiger partial charge in [-0.2, -0.15) is 0 Å². The molecular weight excluding hydrogens is 560 g/mol. The van der Waals surface area contributed by atoms with Gasteiger partial charge in [0.25, 0.3) is 0 Å². The van der Waals surface area contributed by atoms with Gasteiger partial charge in [-0.15, -0.1) is 0 Å². The van der Waals surface area contributed by atoms with Crippen molar-refractivity contribution in [3.8, 4) is 22.5 Å². The zero-order valence-electron chi connectivity index (χ0n) is 19.1. The number of rotatable bonds is 6. The summed E-state index contributed by atoms with van der Waals surface area (Å²) < 4.78 is 5.26. The van der Waals surface area contributed by atoms with Gasteiger partial charge in [0.05, 0.1) is 32.9 Å². The van der Waals surface area contributed by atoms with Gasteiger partial charge in [-0.05, 0) is 62.4 Å². The molecule has 0 atom stereocenters. The molecule has 9 heteroatoms. The fourth-order valence-electron chi connectivity index (χ4n) is 3.58. The summed E-state index contributed by atoms with van der Waals surface area (Å²) in [5.74, 6) is -0.765. The Hall–Kier alpha value is -2.41. The lowest BCUT2D eigenvalue weighted by Gasteiger charge is -2.17. The minimum Gasteiger partial charge on any atom is -0.462 e. The van der Waals surface area contributed by atoms with E-state index in [1.165, 1.54) is 17.8 Å². The number of carbonyl (C=O) groups is 1. The van der Waals surface area contributed by atoms with Crippen molar-refractivity contribution in [3.63, 3.8) is 0 Å². The summed E-state index contributed by atoms with van der Waals surface area (Å²) in [6.45, 7) is 3.74. The first kappa shape index (κ1) is 26.6. The van der Waals surface area contributed by atoms with Crippen molar-refractivity contribution in [3.05, 3.63) is 102 Å². The highest BCUT2D eigenvalue weighted by Crippen LogP contribution is 2.40. The molecule has 3 aromatic carbocycles. The van der Waals surface area contributed by atoms with Gasteiger partial charge in [-0.25, -0.2) is 4.79 Å². The van der Waals surface area contributed by atoms with E-state index in [1.54, 1.807) is 37.3 Å². The van der Waals surface area contributed by atoms with E-state index in [2.05, 4.69) is 4.98 Å². The van der Waals surface area contributed by atoms with Crippen LogP contribution in [0.4, 0.5) is 0 Å². The first-order chi connectivity index (χ1) is 17.2. The van der Waals surface area contributed by atoms with E-state index in [-0.39, 0.29) is 27.8 Å². The number of carbonyl (C=O) groups excluding carboxylic acids is 1. The number of esters is 1. The molecule has 4 aromatic rings. The van der Waals surface area contributed by atoms with Gasteiger partial charge >= 0.3 is 5.97 Å². The molecule has 0 aliphatic carbocycles. The number of benzene rings is 3. The number of H-pyrrole nitrogens is 1. The van der Waals surface area contributed by atoms with Gasteiger partial charge in [0.15, 0.2) is 0 Å². The summed E-state index contributed by atoms with van der Waals surface area (Å²) in [7, 11) is 0. The van der Waals surface area contributed by atoms with Crippen LogP contribution in [0.2, 0.25) is 20.1 Å². The van der Waals surface area contributed by atoms with Crippen molar-refractivity contribution in [1.29, 1.82) is 0 Å². The molecule has 184 valence electrons. The predicted molar refractivity (Wildman–Crippen MR) is 149 cm³/mol. The molecule has 0 spiro atoms. The van der Waals surface area contributed by atoms with Crippen molar-refractivity contribution < 1.29 is 9.53 Å². The van der Waals surface area contributed by atoms with E-state index in [4.69, 9.17) is 51.1 Å². The highest BCUT2D eigenvalue weighted by molar-refractivity contribution is 7.99. The smallest absolute Gasteiger partial charge is 0.344 e. The summed E-state index contributed by atoms with van der Waals surface area (Å²) in [5.41, 5.74) is 1.98. The number of ether oxygens (including phenoxy) is 1. The van der Waals surface area contributed by atoms with Crippen LogP contribution in [0.5, 0.6) is 0 Å². The average molecular weight is 579 g/mol. The van der Waals surface area contributed by atoms with E-state index in [1.807, 2.05) is 31.2 Å². The fourth-order valence-corrected chi connectivity index (χ4v) is 5.55. The predicted octanol–water partition coefficient (Wildman–Crippen LogP) is 8.96. The van der Waals surface area contributed by atoms with Gasteiger partial charge in [-0.1, -0.05) is 75.9 Å². The SMILES string of the molecule is CCOC(=O)c1c(-c2ccc(Cl)cc2Cl)[nH]c(-c2ccc(Cl)cc2Cl)c(Sc2ccc(C)cc2)c1=O. The van der Waals surface area contributed by atoms with Crippen LogP contribution in [0.3, 0.4) is 0 Å². The van der Waals surface area contributed by atoms with Gasteiger partial charge in [0.1, 0.15) is 5.56 Å². The molecule has 0 bridgehead atoms. The van der Waals surface area contributed by atoms with Gasteiger partial charge < -0.3 is 9.72 Å². The third-order valence-electron chi connectivity index (χ3n) is 5.28. The number of halogens is 4. The molecule has 0 unspecified atom stereocenters. The van der Waals surface area contributed by atoms with Crippen LogP contribution < -0.4 is 5.43 Å². The molecule has 0 saturated carbocycles. The Morgan fingerprint density at radius 3 is 1.94 bits per heavy atom. The number of pyridine rings is 1. The minimum atomic E-state index is -0.765. The van der Waals surface area contributed by atoms with Crippen LogP contribution in [0, 0.1) is 6.92 Å². The molecule has 0 saturated heterocycles. The van der Waals surface area contributed by atoms with Crippen molar-refractivity contribution in [2.45, 2.75) is 23.6 Å². The summed E-state index contributed by atoms with van der Waals surface area (Å²) in [6, 6.07) is 17.5. The van der Waals surface area contributed by atoms with E-state index in [0.717, 1.165) is 10.5 Å². The Morgan fingerprint density at radius 2 is 1.42 bits per heavy atom. The molecule has 4 nitrogen and oxygen atoms in total. The molecule has 0 amide bonds. The number of hydrogen-bond acceptors (Lipinski definition) is 4. The van der Waals surface area contributed by atoms with Crippen LogP contribution >= 0.6 is 58.2 Å². The topological polar surface area (TPSA) is 59.2 Å². The summed E-state index contributed by atoms with van der Waals surface area (Å²) in [4.78, 5) is 31.5. The number of hydrogen-bond donors (Lipinski definition) is 1. The normalized spacial score (nSPS) is 10.9. The second-order valence-electron chi connectivity index (χ2n) is 7.79. The molecule has 1 N–H and O–H groups in total. The van der Waals surface area contributed by atoms with Crippen molar-refractivity contribution in [2.75, 3.05) is 6.61 Å². The van der Waals surface area contributed by atoms with Crippen LogP contribution in [0.1, 0.15) is 22.8 Å². The Kier molecular flexibility index (Phi) is 8.38. The second-order valence-corrected chi connectivity index (χ2v) is 10.6. The summed E-state index contributed by atoms with van der Waals surface area (Å²) >= 11 is 26.5. The Morgan fingerprint density at radius 1 is 0.861 bits per heavy atom.